The van der Waals surface area contributed by atoms with E-state index in [2.05, 4.69) is 42.9 Å². The molecule has 18 heavy (non-hydrogen) atoms. The molecule has 4 nitrogen and oxygen atoms in total. The maximum Gasteiger partial charge on any atom is 0.0829 e. The topological polar surface area (TPSA) is 27.7 Å². The van der Waals surface area contributed by atoms with Crippen molar-refractivity contribution in [3.05, 3.63) is 0 Å². The molecular weight excluding hydrogens is 226 g/mol. The summed E-state index contributed by atoms with van der Waals surface area (Å²) in [5, 5.41) is 3.60. The van der Waals surface area contributed by atoms with Gasteiger partial charge in [0.1, 0.15) is 0 Å². The predicted octanol–water partition coefficient (Wildman–Crippen LogP) is 0.635. The highest BCUT2D eigenvalue weighted by Crippen LogP contribution is 2.17. The van der Waals surface area contributed by atoms with Gasteiger partial charge in [0.05, 0.1) is 12.7 Å². The predicted molar refractivity (Wildman–Crippen MR) is 74.9 cm³/mol. The van der Waals surface area contributed by atoms with E-state index in [0.29, 0.717) is 24.1 Å². The summed E-state index contributed by atoms with van der Waals surface area (Å²) in [7, 11) is 2.19. The van der Waals surface area contributed by atoms with Crippen LogP contribution in [0.4, 0.5) is 0 Å². The quantitative estimate of drug-likeness (QED) is 0.801. The highest BCUT2D eigenvalue weighted by molar-refractivity contribution is 4.88. The summed E-state index contributed by atoms with van der Waals surface area (Å²) < 4.78 is 5.91. The van der Waals surface area contributed by atoms with Crippen LogP contribution in [-0.2, 0) is 4.74 Å². The normalized spacial score (nSPS) is 36.2. The molecule has 0 amide bonds. The molecule has 2 rings (SSSR count). The fourth-order valence-corrected chi connectivity index (χ4v) is 3.11. The molecule has 3 atom stereocenters. The maximum absolute atomic E-state index is 5.91. The van der Waals surface area contributed by atoms with E-state index in [1.54, 1.807) is 0 Å². The van der Waals surface area contributed by atoms with Crippen molar-refractivity contribution in [2.24, 2.45) is 5.92 Å². The highest BCUT2D eigenvalue weighted by atomic mass is 16.5. The average molecular weight is 255 g/mol. The van der Waals surface area contributed by atoms with E-state index in [-0.39, 0.29) is 0 Å². The summed E-state index contributed by atoms with van der Waals surface area (Å²) in [6, 6.07) is 1.25. The van der Waals surface area contributed by atoms with Crippen molar-refractivity contribution in [3.63, 3.8) is 0 Å². The van der Waals surface area contributed by atoms with Gasteiger partial charge in [-0.1, -0.05) is 13.8 Å². The van der Waals surface area contributed by atoms with Crippen molar-refractivity contribution >= 4 is 0 Å². The third-order valence-electron chi connectivity index (χ3n) is 4.20. The van der Waals surface area contributed by atoms with Crippen LogP contribution in [0.1, 0.15) is 20.8 Å². The zero-order valence-electron chi connectivity index (χ0n) is 12.4. The van der Waals surface area contributed by atoms with Gasteiger partial charge in [-0.25, -0.2) is 0 Å². The minimum Gasteiger partial charge on any atom is -0.374 e. The number of nitrogens with one attached hydrogen (secondary N) is 1. The molecule has 2 aliphatic rings. The lowest BCUT2D eigenvalue weighted by molar-refractivity contribution is -0.0497. The summed E-state index contributed by atoms with van der Waals surface area (Å²) >= 11 is 0. The van der Waals surface area contributed by atoms with Crippen LogP contribution < -0.4 is 5.32 Å². The molecule has 106 valence electrons. The fraction of sp³-hybridized carbons (Fsp3) is 1.00. The van der Waals surface area contributed by atoms with Crippen LogP contribution in [0.3, 0.4) is 0 Å². The van der Waals surface area contributed by atoms with Crippen LogP contribution in [0.25, 0.3) is 0 Å². The minimum atomic E-state index is 0.385. The first-order valence-electron chi connectivity index (χ1n) is 7.34. The van der Waals surface area contributed by atoms with E-state index >= 15 is 0 Å². The second kappa shape index (κ2) is 6.33. The van der Waals surface area contributed by atoms with Gasteiger partial charge in [0.25, 0.3) is 0 Å². The molecule has 0 aromatic rings. The molecule has 0 aromatic carbocycles. The lowest BCUT2D eigenvalue weighted by atomic mass is 9.98. The Labute approximate surface area is 112 Å². The number of ether oxygens (including phenoxy) is 1. The Kier molecular flexibility index (Phi) is 5.01. The largest absolute Gasteiger partial charge is 0.374 e. The molecule has 0 aliphatic carbocycles. The van der Waals surface area contributed by atoms with Gasteiger partial charge < -0.3 is 15.0 Å². The molecule has 4 heteroatoms. The van der Waals surface area contributed by atoms with Crippen LogP contribution in [-0.4, -0.2) is 74.4 Å². The molecule has 0 bridgehead atoms. The lowest BCUT2D eigenvalue weighted by Gasteiger charge is -2.44. The molecule has 2 heterocycles. The Morgan fingerprint density at radius 1 is 1.33 bits per heavy atom. The SMILES string of the molecule is CC1CN(CC2CN(C)CCO2)C(C(C)C)CN1. The first-order chi connectivity index (χ1) is 8.56. The van der Waals surface area contributed by atoms with Gasteiger partial charge in [0, 0.05) is 44.8 Å². The zero-order valence-corrected chi connectivity index (χ0v) is 12.4. The third kappa shape index (κ3) is 3.67. The Balaban J connectivity index is 1.91. The number of hydrogen-bond donors (Lipinski definition) is 1. The molecule has 0 spiro atoms. The molecule has 0 aromatic heterocycles. The monoisotopic (exact) mass is 255 g/mol. The lowest BCUT2D eigenvalue weighted by Crippen LogP contribution is -2.60. The van der Waals surface area contributed by atoms with Gasteiger partial charge in [-0.05, 0) is 19.9 Å². The Bertz CT molecular complexity index is 259. The molecular formula is C14H29N3O. The Morgan fingerprint density at radius 3 is 2.78 bits per heavy atom. The van der Waals surface area contributed by atoms with Crippen molar-refractivity contribution in [1.29, 1.82) is 0 Å². The molecule has 3 unspecified atom stereocenters. The van der Waals surface area contributed by atoms with Gasteiger partial charge >= 0.3 is 0 Å². The van der Waals surface area contributed by atoms with Crippen molar-refractivity contribution in [3.8, 4) is 0 Å². The van der Waals surface area contributed by atoms with Crippen LogP contribution in [0, 0.1) is 5.92 Å². The number of likely N-dealkylation sites (N-methyl/N-ethyl adjacent to an activating group) is 1. The molecule has 2 saturated heterocycles. The van der Waals surface area contributed by atoms with E-state index in [4.69, 9.17) is 4.74 Å². The van der Waals surface area contributed by atoms with Crippen LogP contribution >= 0.6 is 0 Å². The Morgan fingerprint density at radius 2 is 2.11 bits per heavy atom. The fourth-order valence-electron chi connectivity index (χ4n) is 3.11. The van der Waals surface area contributed by atoms with Crippen LogP contribution in [0.2, 0.25) is 0 Å². The number of rotatable bonds is 3. The van der Waals surface area contributed by atoms with E-state index in [1.165, 1.54) is 0 Å². The highest BCUT2D eigenvalue weighted by Gasteiger charge is 2.30. The van der Waals surface area contributed by atoms with Crippen molar-refractivity contribution in [2.45, 2.75) is 39.0 Å². The maximum atomic E-state index is 5.91. The standard InChI is InChI=1S/C14H29N3O/c1-11(2)14-7-15-12(3)8-17(14)10-13-9-16(4)5-6-18-13/h11-15H,5-10H2,1-4H3. The van der Waals surface area contributed by atoms with Crippen molar-refractivity contribution < 1.29 is 4.74 Å². The van der Waals surface area contributed by atoms with Gasteiger partial charge in [0.2, 0.25) is 0 Å². The minimum absolute atomic E-state index is 0.385. The molecule has 0 radical (unpaired) electrons. The first-order valence-corrected chi connectivity index (χ1v) is 7.34. The summed E-state index contributed by atoms with van der Waals surface area (Å²) in [6.07, 6.45) is 0.385. The second-order valence-electron chi connectivity index (χ2n) is 6.33. The second-order valence-corrected chi connectivity index (χ2v) is 6.33. The summed E-state index contributed by atoms with van der Waals surface area (Å²) in [5.41, 5.74) is 0. The van der Waals surface area contributed by atoms with Crippen molar-refractivity contribution in [2.75, 3.05) is 46.4 Å². The number of morpholine rings is 1. The third-order valence-corrected chi connectivity index (χ3v) is 4.20. The average Bonchev–Trinajstić information content (AvgIpc) is 2.28. The first kappa shape index (κ1) is 14.3. The van der Waals surface area contributed by atoms with Gasteiger partial charge in [0.15, 0.2) is 0 Å². The van der Waals surface area contributed by atoms with E-state index in [1.807, 2.05) is 0 Å². The van der Waals surface area contributed by atoms with Gasteiger partial charge in [-0.15, -0.1) is 0 Å². The molecule has 2 fully saturated rings. The molecule has 2 aliphatic heterocycles. The van der Waals surface area contributed by atoms with E-state index in [0.717, 1.165) is 39.3 Å². The number of piperazine rings is 1. The smallest absolute Gasteiger partial charge is 0.0829 e. The zero-order chi connectivity index (χ0) is 13.1. The summed E-state index contributed by atoms with van der Waals surface area (Å²) in [4.78, 5) is 5.01. The van der Waals surface area contributed by atoms with Crippen LogP contribution in [0.5, 0.6) is 0 Å². The van der Waals surface area contributed by atoms with Crippen molar-refractivity contribution in [1.82, 2.24) is 15.1 Å². The van der Waals surface area contributed by atoms with Crippen LogP contribution in [0.15, 0.2) is 0 Å². The molecule has 1 N–H and O–H groups in total. The molecule has 0 saturated carbocycles. The number of hydrogen-bond acceptors (Lipinski definition) is 4. The van der Waals surface area contributed by atoms with E-state index in [9.17, 15) is 0 Å². The summed E-state index contributed by atoms with van der Waals surface area (Å²) in [6.45, 7) is 13.3. The van der Waals surface area contributed by atoms with Gasteiger partial charge in [-0.3, -0.25) is 4.90 Å². The van der Waals surface area contributed by atoms with E-state index < -0.39 is 0 Å². The Hall–Kier alpha value is -0.160. The summed E-state index contributed by atoms with van der Waals surface area (Å²) in [5.74, 6) is 0.700. The van der Waals surface area contributed by atoms with Gasteiger partial charge in [-0.2, -0.15) is 0 Å². The number of nitrogens with zero attached hydrogens (tertiary/aromatic N) is 2.